The van der Waals surface area contributed by atoms with Gasteiger partial charge in [0.25, 0.3) is 0 Å². The summed E-state index contributed by atoms with van der Waals surface area (Å²) in [6, 6.07) is 17.9. The van der Waals surface area contributed by atoms with Crippen molar-refractivity contribution in [1.82, 2.24) is 0 Å². The van der Waals surface area contributed by atoms with Crippen LogP contribution in [0.15, 0.2) is 54.6 Å². The molecule has 186 valence electrons. The van der Waals surface area contributed by atoms with Crippen molar-refractivity contribution in [3.8, 4) is 17.2 Å². The van der Waals surface area contributed by atoms with Gasteiger partial charge in [0.2, 0.25) is 0 Å². The second-order valence-corrected chi connectivity index (χ2v) is 10.3. The maximum absolute atomic E-state index is 10.9. The average molecular weight is 481 g/mol. The van der Waals surface area contributed by atoms with Gasteiger partial charge in [-0.3, -0.25) is 0 Å². The van der Waals surface area contributed by atoms with Gasteiger partial charge in [-0.05, 0) is 105 Å². The average Bonchev–Trinajstić information content (AvgIpc) is 2.82. The van der Waals surface area contributed by atoms with Crippen molar-refractivity contribution in [3.05, 3.63) is 121 Å². The number of aryl methyl sites for hydroxylation is 4. The Labute approximate surface area is 214 Å². The van der Waals surface area contributed by atoms with Crippen molar-refractivity contribution < 1.29 is 15.3 Å². The molecule has 0 aliphatic heterocycles. The number of phenols is 3. The summed E-state index contributed by atoms with van der Waals surface area (Å²) < 4.78 is 0. The molecule has 3 heteroatoms. The first kappa shape index (κ1) is 25.4. The molecular weight excluding hydrogens is 444 g/mol. The fourth-order valence-corrected chi connectivity index (χ4v) is 5.14. The van der Waals surface area contributed by atoms with E-state index in [1.54, 1.807) is 12.1 Å². The molecule has 4 aromatic carbocycles. The predicted molar refractivity (Wildman–Crippen MR) is 148 cm³/mol. The molecule has 4 rings (SSSR count). The Hall–Kier alpha value is -3.72. The van der Waals surface area contributed by atoms with Crippen molar-refractivity contribution in [2.75, 3.05) is 0 Å². The normalized spacial score (nSPS) is 11.2. The topological polar surface area (TPSA) is 60.7 Å². The zero-order valence-corrected chi connectivity index (χ0v) is 22.2. The van der Waals surface area contributed by atoms with E-state index in [4.69, 9.17) is 0 Å². The van der Waals surface area contributed by atoms with Crippen LogP contribution in [0.4, 0.5) is 0 Å². The predicted octanol–water partition coefficient (Wildman–Crippen LogP) is 7.43. The van der Waals surface area contributed by atoms with E-state index in [2.05, 4.69) is 45.0 Å². The summed E-state index contributed by atoms with van der Waals surface area (Å²) in [4.78, 5) is 0. The fraction of sp³-hybridized carbons (Fsp3) is 0.273. The minimum atomic E-state index is 0.251. The van der Waals surface area contributed by atoms with Crippen molar-refractivity contribution in [2.45, 2.75) is 60.8 Å². The molecular formula is C33H36O3. The van der Waals surface area contributed by atoms with Gasteiger partial charge in [0.1, 0.15) is 17.2 Å². The summed E-state index contributed by atoms with van der Waals surface area (Å²) in [5.74, 6) is 0.881. The molecule has 0 aliphatic rings. The summed E-state index contributed by atoms with van der Waals surface area (Å²) in [6.45, 7) is 12.3. The minimum absolute atomic E-state index is 0.251. The van der Waals surface area contributed by atoms with Crippen molar-refractivity contribution in [2.24, 2.45) is 0 Å². The smallest absolute Gasteiger partial charge is 0.122 e. The third-order valence-electron chi connectivity index (χ3n) is 7.35. The number of benzene rings is 4. The van der Waals surface area contributed by atoms with Gasteiger partial charge in [0.05, 0.1) is 0 Å². The highest BCUT2D eigenvalue weighted by Crippen LogP contribution is 2.35. The first-order chi connectivity index (χ1) is 17.0. The Balaban J connectivity index is 1.72. The summed E-state index contributed by atoms with van der Waals surface area (Å²) in [5, 5.41) is 31.7. The molecule has 0 saturated heterocycles. The standard InChI is InChI=1S/C33H36O3/c1-19-7-9-31(34)28(11-19)17-26-14-21(3)13-25(23(26)5)16-27-15-22(4)33(36)30(24(27)6)18-29-12-20(2)8-10-32(29)35/h7-15,34-36H,16-18H2,1-6H3. The molecule has 0 aromatic heterocycles. The fourth-order valence-electron chi connectivity index (χ4n) is 5.14. The summed E-state index contributed by atoms with van der Waals surface area (Å²) >= 11 is 0. The number of aromatic hydroxyl groups is 3. The van der Waals surface area contributed by atoms with Crippen LogP contribution < -0.4 is 0 Å². The number of hydrogen-bond acceptors (Lipinski definition) is 3. The maximum Gasteiger partial charge on any atom is 0.122 e. The first-order valence-electron chi connectivity index (χ1n) is 12.5. The third-order valence-corrected chi connectivity index (χ3v) is 7.35. The Morgan fingerprint density at radius 2 is 0.917 bits per heavy atom. The number of rotatable bonds is 6. The van der Waals surface area contributed by atoms with Crippen molar-refractivity contribution in [1.29, 1.82) is 0 Å². The van der Waals surface area contributed by atoms with E-state index < -0.39 is 0 Å². The summed E-state index contributed by atoms with van der Waals surface area (Å²) in [5.41, 5.74) is 12.8. The highest BCUT2D eigenvalue weighted by Gasteiger charge is 2.17. The molecule has 3 N–H and O–H groups in total. The van der Waals surface area contributed by atoms with Gasteiger partial charge in [0, 0.05) is 18.4 Å². The zero-order chi connectivity index (χ0) is 26.1. The summed E-state index contributed by atoms with van der Waals surface area (Å²) in [7, 11) is 0. The highest BCUT2D eigenvalue weighted by molar-refractivity contribution is 5.54. The highest BCUT2D eigenvalue weighted by atomic mass is 16.3. The van der Waals surface area contributed by atoms with E-state index in [0.717, 1.165) is 45.4 Å². The van der Waals surface area contributed by atoms with E-state index in [1.165, 1.54) is 27.8 Å². The van der Waals surface area contributed by atoms with E-state index in [-0.39, 0.29) is 5.75 Å². The molecule has 0 aliphatic carbocycles. The molecule has 0 bridgehead atoms. The van der Waals surface area contributed by atoms with Crippen LogP contribution in [0.25, 0.3) is 0 Å². The molecule has 0 heterocycles. The van der Waals surface area contributed by atoms with Crippen LogP contribution in [-0.2, 0) is 19.3 Å². The van der Waals surface area contributed by atoms with Crippen LogP contribution >= 0.6 is 0 Å². The number of phenolic OH excluding ortho intramolecular Hbond substituents is 3. The van der Waals surface area contributed by atoms with Gasteiger partial charge >= 0.3 is 0 Å². The van der Waals surface area contributed by atoms with Crippen LogP contribution in [0.1, 0.15) is 66.8 Å². The van der Waals surface area contributed by atoms with Crippen molar-refractivity contribution in [3.63, 3.8) is 0 Å². The molecule has 36 heavy (non-hydrogen) atoms. The zero-order valence-electron chi connectivity index (χ0n) is 22.2. The second-order valence-electron chi connectivity index (χ2n) is 10.3. The second kappa shape index (κ2) is 10.1. The molecule has 0 spiro atoms. The van der Waals surface area contributed by atoms with Crippen LogP contribution in [0, 0.1) is 41.5 Å². The molecule has 3 nitrogen and oxygen atoms in total. The van der Waals surface area contributed by atoms with Gasteiger partial charge in [-0.25, -0.2) is 0 Å². The number of hydrogen-bond donors (Lipinski definition) is 3. The first-order valence-corrected chi connectivity index (χ1v) is 12.5. The largest absolute Gasteiger partial charge is 0.508 e. The van der Waals surface area contributed by atoms with E-state index in [1.807, 2.05) is 39.0 Å². The Bertz CT molecular complexity index is 1450. The van der Waals surface area contributed by atoms with Crippen LogP contribution in [-0.4, -0.2) is 15.3 Å². The van der Waals surface area contributed by atoms with Crippen LogP contribution in [0.5, 0.6) is 17.2 Å². The lowest BCUT2D eigenvalue weighted by Crippen LogP contribution is -2.04. The van der Waals surface area contributed by atoms with E-state index in [9.17, 15) is 15.3 Å². The third kappa shape index (κ3) is 5.26. The minimum Gasteiger partial charge on any atom is -0.508 e. The van der Waals surface area contributed by atoms with Crippen molar-refractivity contribution >= 4 is 0 Å². The lowest BCUT2D eigenvalue weighted by Gasteiger charge is -2.19. The van der Waals surface area contributed by atoms with Gasteiger partial charge in [-0.2, -0.15) is 0 Å². The lowest BCUT2D eigenvalue weighted by atomic mass is 9.87. The summed E-state index contributed by atoms with van der Waals surface area (Å²) in [6.07, 6.45) is 1.91. The van der Waals surface area contributed by atoms with Gasteiger partial charge in [-0.15, -0.1) is 0 Å². The van der Waals surface area contributed by atoms with E-state index in [0.29, 0.717) is 24.3 Å². The monoisotopic (exact) mass is 480 g/mol. The molecule has 0 saturated carbocycles. The molecule has 0 fully saturated rings. The Morgan fingerprint density at radius 1 is 0.472 bits per heavy atom. The van der Waals surface area contributed by atoms with Crippen LogP contribution in [0.2, 0.25) is 0 Å². The lowest BCUT2D eigenvalue weighted by molar-refractivity contribution is 0.459. The maximum atomic E-state index is 10.9. The SMILES string of the molecule is Cc1ccc(O)c(Cc2cc(C)cc(Cc3cc(C)c(O)c(Cc4cc(C)ccc4O)c3C)c2C)c1. The van der Waals surface area contributed by atoms with Gasteiger partial charge < -0.3 is 15.3 Å². The quantitative estimate of drug-likeness (QED) is 0.269. The van der Waals surface area contributed by atoms with Crippen LogP contribution in [0.3, 0.4) is 0 Å². The molecule has 0 radical (unpaired) electrons. The molecule has 0 unspecified atom stereocenters. The van der Waals surface area contributed by atoms with Gasteiger partial charge in [-0.1, -0.05) is 59.2 Å². The molecule has 4 aromatic rings. The molecule has 0 amide bonds. The van der Waals surface area contributed by atoms with Gasteiger partial charge in [0.15, 0.2) is 0 Å². The Kier molecular flexibility index (Phi) is 7.12. The van der Waals surface area contributed by atoms with E-state index >= 15 is 0 Å². The molecule has 0 atom stereocenters. The Morgan fingerprint density at radius 3 is 1.47 bits per heavy atom.